The first kappa shape index (κ1) is 8.17. The Bertz CT molecular complexity index is 252. The summed E-state index contributed by atoms with van der Waals surface area (Å²) in [6.45, 7) is 6.39. The van der Waals surface area contributed by atoms with E-state index in [2.05, 4.69) is 0 Å². The largest absolute Gasteiger partial charge is 0.345 e. The predicted molar refractivity (Wildman–Crippen MR) is 43.1 cm³/mol. The number of hydrogen-bond acceptors (Lipinski definition) is 4. The summed E-state index contributed by atoms with van der Waals surface area (Å²) < 4.78 is 22.6. The van der Waals surface area contributed by atoms with Crippen LogP contribution in [0, 0.1) is 0 Å². The Morgan fingerprint density at radius 3 is 2.54 bits per heavy atom. The Balaban J connectivity index is 1.93. The summed E-state index contributed by atoms with van der Waals surface area (Å²) in [5.41, 5.74) is 0. The molecule has 0 aliphatic carbocycles. The summed E-state index contributed by atoms with van der Waals surface area (Å²) in [7, 11) is 0. The van der Waals surface area contributed by atoms with Crippen molar-refractivity contribution in [1.82, 2.24) is 0 Å². The maximum atomic E-state index is 5.74. The Morgan fingerprint density at radius 1 is 1.08 bits per heavy atom. The van der Waals surface area contributed by atoms with Crippen LogP contribution in [-0.2, 0) is 18.9 Å². The van der Waals surface area contributed by atoms with E-state index in [9.17, 15) is 0 Å². The van der Waals surface area contributed by atoms with Crippen LogP contribution in [-0.4, -0.2) is 36.5 Å². The first-order chi connectivity index (χ1) is 6.00. The number of rotatable bonds is 0. The van der Waals surface area contributed by atoms with E-state index in [4.69, 9.17) is 18.9 Å². The quantitative estimate of drug-likeness (QED) is 0.556. The average Bonchev–Trinajstić information content (AvgIpc) is 2.56. The molecule has 0 saturated carbocycles. The SMILES string of the molecule is CC1(C)O[C@H]2[C@@H](O1)[C@]1(C)OC[C@H]2O1. The first-order valence-electron chi connectivity index (χ1n) is 4.68. The minimum absolute atomic E-state index is 0.0498. The second kappa shape index (κ2) is 2.08. The molecule has 4 heteroatoms. The molecule has 0 N–H and O–H groups in total. The van der Waals surface area contributed by atoms with E-state index in [0.717, 1.165) is 0 Å². The fraction of sp³-hybridized carbons (Fsp3) is 1.00. The minimum atomic E-state index is -0.580. The van der Waals surface area contributed by atoms with Crippen LogP contribution in [0.15, 0.2) is 0 Å². The zero-order chi connectivity index (χ0) is 9.27. The molecular weight excluding hydrogens is 172 g/mol. The Kier molecular flexibility index (Phi) is 1.31. The van der Waals surface area contributed by atoms with E-state index >= 15 is 0 Å². The zero-order valence-corrected chi connectivity index (χ0v) is 8.07. The number of ether oxygens (including phenoxy) is 4. The Morgan fingerprint density at radius 2 is 1.85 bits per heavy atom. The van der Waals surface area contributed by atoms with E-state index in [1.165, 1.54) is 0 Å². The van der Waals surface area contributed by atoms with Crippen LogP contribution in [0.1, 0.15) is 20.8 Å². The van der Waals surface area contributed by atoms with Crippen molar-refractivity contribution in [3.05, 3.63) is 0 Å². The minimum Gasteiger partial charge on any atom is -0.345 e. The van der Waals surface area contributed by atoms with Crippen molar-refractivity contribution in [2.24, 2.45) is 0 Å². The van der Waals surface area contributed by atoms with Gasteiger partial charge in [-0.2, -0.15) is 0 Å². The zero-order valence-electron chi connectivity index (χ0n) is 8.07. The van der Waals surface area contributed by atoms with Crippen molar-refractivity contribution in [3.8, 4) is 0 Å². The first-order valence-corrected chi connectivity index (χ1v) is 4.68. The predicted octanol–water partition coefficient (Wildman–Crippen LogP) is 0.652. The van der Waals surface area contributed by atoms with Crippen molar-refractivity contribution in [2.45, 2.75) is 50.7 Å². The third kappa shape index (κ3) is 0.944. The molecule has 74 valence electrons. The third-order valence-electron chi connectivity index (χ3n) is 2.93. The lowest BCUT2D eigenvalue weighted by molar-refractivity contribution is -0.232. The molecular formula is C9H14O4. The van der Waals surface area contributed by atoms with Gasteiger partial charge in [-0.3, -0.25) is 0 Å². The highest BCUT2D eigenvalue weighted by atomic mass is 16.8. The molecule has 3 aliphatic rings. The Labute approximate surface area is 77.1 Å². The molecule has 4 atom stereocenters. The number of hydrogen-bond donors (Lipinski definition) is 0. The summed E-state index contributed by atoms with van der Waals surface area (Å²) in [6, 6.07) is 0. The average molecular weight is 186 g/mol. The molecule has 3 fully saturated rings. The second-order valence-electron chi connectivity index (χ2n) is 4.50. The summed E-state index contributed by atoms with van der Waals surface area (Å²) >= 11 is 0. The maximum absolute atomic E-state index is 5.74. The molecule has 0 aromatic heterocycles. The van der Waals surface area contributed by atoms with Gasteiger partial charge in [-0.1, -0.05) is 0 Å². The monoisotopic (exact) mass is 186 g/mol. The molecule has 0 spiro atoms. The molecule has 0 radical (unpaired) electrons. The lowest BCUT2D eigenvalue weighted by Crippen LogP contribution is -2.45. The van der Waals surface area contributed by atoms with Gasteiger partial charge in [-0.15, -0.1) is 0 Å². The normalized spacial score (nSPS) is 57.0. The molecule has 0 amide bonds. The number of fused-ring (bicyclic) bond motifs is 5. The van der Waals surface area contributed by atoms with E-state index in [0.29, 0.717) is 6.61 Å². The van der Waals surface area contributed by atoms with Crippen LogP contribution >= 0.6 is 0 Å². The molecule has 3 heterocycles. The van der Waals surface area contributed by atoms with Gasteiger partial charge in [-0.05, 0) is 20.8 Å². The molecule has 0 aromatic rings. The van der Waals surface area contributed by atoms with Crippen LogP contribution in [0.25, 0.3) is 0 Å². The molecule has 13 heavy (non-hydrogen) atoms. The van der Waals surface area contributed by atoms with Gasteiger partial charge in [-0.25, -0.2) is 0 Å². The van der Waals surface area contributed by atoms with Crippen LogP contribution < -0.4 is 0 Å². The maximum Gasteiger partial charge on any atom is 0.195 e. The van der Waals surface area contributed by atoms with Crippen LogP contribution in [0.2, 0.25) is 0 Å². The fourth-order valence-corrected chi connectivity index (χ4v) is 2.39. The van der Waals surface area contributed by atoms with Crippen molar-refractivity contribution in [1.29, 1.82) is 0 Å². The van der Waals surface area contributed by atoms with Gasteiger partial charge in [0.1, 0.15) is 18.3 Å². The van der Waals surface area contributed by atoms with Crippen LogP contribution in [0.4, 0.5) is 0 Å². The highest BCUT2D eigenvalue weighted by Gasteiger charge is 2.65. The fourth-order valence-electron chi connectivity index (χ4n) is 2.39. The second-order valence-corrected chi connectivity index (χ2v) is 4.50. The molecule has 0 unspecified atom stereocenters. The molecule has 3 saturated heterocycles. The molecule has 0 aromatic carbocycles. The lowest BCUT2D eigenvalue weighted by atomic mass is 10.0. The van der Waals surface area contributed by atoms with Gasteiger partial charge in [0.2, 0.25) is 0 Å². The topological polar surface area (TPSA) is 36.9 Å². The summed E-state index contributed by atoms with van der Waals surface area (Å²) in [6.07, 6.45) is 0.0341. The van der Waals surface area contributed by atoms with E-state index in [1.54, 1.807) is 0 Å². The highest BCUT2D eigenvalue weighted by molar-refractivity contribution is 5.04. The highest BCUT2D eigenvalue weighted by Crippen LogP contribution is 2.48. The van der Waals surface area contributed by atoms with Crippen LogP contribution in [0.5, 0.6) is 0 Å². The van der Waals surface area contributed by atoms with Crippen molar-refractivity contribution < 1.29 is 18.9 Å². The Hall–Kier alpha value is -0.160. The van der Waals surface area contributed by atoms with Gasteiger partial charge in [0, 0.05) is 0 Å². The molecule has 3 aliphatic heterocycles. The molecule has 2 bridgehead atoms. The van der Waals surface area contributed by atoms with Crippen LogP contribution in [0.3, 0.4) is 0 Å². The van der Waals surface area contributed by atoms with Gasteiger partial charge >= 0.3 is 0 Å². The van der Waals surface area contributed by atoms with E-state index in [1.807, 2.05) is 20.8 Å². The molecule has 3 rings (SSSR count). The smallest absolute Gasteiger partial charge is 0.195 e. The summed E-state index contributed by atoms with van der Waals surface area (Å²) in [5.74, 6) is -1.07. The van der Waals surface area contributed by atoms with Crippen molar-refractivity contribution in [2.75, 3.05) is 6.61 Å². The lowest BCUT2D eigenvalue weighted by Gasteiger charge is -2.27. The summed E-state index contributed by atoms with van der Waals surface area (Å²) in [5, 5.41) is 0. The van der Waals surface area contributed by atoms with Crippen molar-refractivity contribution >= 4 is 0 Å². The van der Waals surface area contributed by atoms with Gasteiger partial charge in [0.25, 0.3) is 0 Å². The standard InChI is InChI=1S/C9H14O4/c1-8(2)12-6-5-4-10-9(3,11-5)7(6)13-8/h5-7H,4H2,1-3H3/t5-,6-,7-,9-/m1/s1. The summed E-state index contributed by atoms with van der Waals surface area (Å²) in [4.78, 5) is 0. The van der Waals surface area contributed by atoms with Gasteiger partial charge in [0.15, 0.2) is 11.6 Å². The van der Waals surface area contributed by atoms with Gasteiger partial charge in [0.05, 0.1) is 6.61 Å². The van der Waals surface area contributed by atoms with Crippen molar-refractivity contribution in [3.63, 3.8) is 0 Å². The van der Waals surface area contributed by atoms with Gasteiger partial charge < -0.3 is 18.9 Å². The molecule has 4 nitrogen and oxygen atoms in total. The third-order valence-corrected chi connectivity index (χ3v) is 2.93. The van der Waals surface area contributed by atoms with E-state index < -0.39 is 11.6 Å². The van der Waals surface area contributed by atoms with E-state index in [-0.39, 0.29) is 18.3 Å².